The highest BCUT2D eigenvalue weighted by molar-refractivity contribution is 5.73. The molecule has 4 rings (SSSR count). The smallest absolute Gasteiger partial charge is 0.270 e. The SMILES string of the molecule is [C-]#[N+]c1cccc(-c2cc(-c3ccco3)cc(-c3cccc(C#N)n3)n2)n1. The molecule has 6 heteroatoms. The molecule has 0 aliphatic rings. The molecule has 0 N–H and O–H groups in total. The van der Waals surface area contributed by atoms with Crippen LogP contribution in [0.25, 0.3) is 38.9 Å². The second kappa shape index (κ2) is 6.91. The van der Waals surface area contributed by atoms with E-state index >= 15 is 0 Å². The first kappa shape index (κ1) is 16.2. The summed E-state index contributed by atoms with van der Waals surface area (Å²) in [5, 5.41) is 9.12. The van der Waals surface area contributed by atoms with E-state index in [0.717, 1.165) is 5.56 Å². The molecule has 0 aliphatic carbocycles. The lowest BCUT2D eigenvalue weighted by molar-refractivity contribution is 0.582. The van der Waals surface area contributed by atoms with E-state index in [1.807, 2.05) is 30.3 Å². The van der Waals surface area contributed by atoms with Gasteiger partial charge in [-0.3, -0.25) is 0 Å². The van der Waals surface area contributed by atoms with Gasteiger partial charge in [-0.15, -0.1) is 4.98 Å². The first-order valence-electron chi connectivity index (χ1n) is 8.05. The van der Waals surface area contributed by atoms with Crippen LogP contribution in [0.3, 0.4) is 0 Å². The van der Waals surface area contributed by atoms with Gasteiger partial charge in [0.15, 0.2) is 5.69 Å². The molecule has 0 saturated carbocycles. The topological polar surface area (TPSA) is 80.0 Å². The number of hydrogen-bond donors (Lipinski definition) is 0. The van der Waals surface area contributed by atoms with Gasteiger partial charge in [0.25, 0.3) is 5.82 Å². The van der Waals surface area contributed by atoms with Crippen molar-refractivity contribution in [1.29, 1.82) is 5.26 Å². The van der Waals surface area contributed by atoms with Crippen molar-refractivity contribution in [3.63, 3.8) is 0 Å². The van der Waals surface area contributed by atoms with Gasteiger partial charge in [0.2, 0.25) is 0 Å². The summed E-state index contributed by atoms with van der Waals surface area (Å²) < 4.78 is 5.52. The van der Waals surface area contributed by atoms with Crippen LogP contribution in [0.5, 0.6) is 0 Å². The Labute approximate surface area is 155 Å². The molecule has 126 valence electrons. The number of furan rings is 1. The summed E-state index contributed by atoms with van der Waals surface area (Å²) in [6, 6.07) is 19.8. The maximum Gasteiger partial charge on any atom is 0.270 e. The van der Waals surface area contributed by atoms with Crippen molar-refractivity contribution in [2.75, 3.05) is 0 Å². The largest absolute Gasteiger partial charge is 0.464 e. The fourth-order valence-electron chi connectivity index (χ4n) is 2.65. The molecule has 0 unspecified atom stereocenters. The maximum absolute atomic E-state index is 9.12. The summed E-state index contributed by atoms with van der Waals surface area (Å²) >= 11 is 0. The number of aromatic nitrogens is 3. The van der Waals surface area contributed by atoms with Crippen LogP contribution in [-0.4, -0.2) is 15.0 Å². The first-order valence-corrected chi connectivity index (χ1v) is 8.05. The average molecular weight is 349 g/mol. The van der Waals surface area contributed by atoms with Gasteiger partial charge in [0.1, 0.15) is 23.2 Å². The van der Waals surface area contributed by atoms with Gasteiger partial charge in [-0.2, -0.15) is 5.26 Å². The summed E-state index contributed by atoms with van der Waals surface area (Å²) in [7, 11) is 0. The van der Waals surface area contributed by atoms with E-state index in [9.17, 15) is 0 Å². The van der Waals surface area contributed by atoms with Crippen LogP contribution in [0.4, 0.5) is 5.82 Å². The van der Waals surface area contributed by atoms with Gasteiger partial charge >= 0.3 is 0 Å². The third-order valence-corrected chi connectivity index (χ3v) is 3.87. The Bertz CT molecular complexity index is 1120. The highest BCUT2D eigenvalue weighted by Gasteiger charge is 2.14. The van der Waals surface area contributed by atoms with E-state index in [2.05, 4.69) is 19.8 Å². The van der Waals surface area contributed by atoms with E-state index in [-0.39, 0.29) is 0 Å². The lowest BCUT2D eigenvalue weighted by atomic mass is 10.1. The van der Waals surface area contributed by atoms with E-state index in [1.54, 1.807) is 42.7 Å². The van der Waals surface area contributed by atoms with Gasteiger partial charge in [0.05, 0.1) is 17.7 Å². The summed E-state index contributed by atoms with van der Waals surface area (Å²) in [6.07, 6.45) is 1.60. The zero-order valence-corrected chi connectivity index (χ0v) is 14.0. The molecular formula is C21H11N5O. The lowest BCUT2D eigenvalue weighted by Crippen LogP contribution is -1.95. The number of rotatable bonds is 3. The highest BCUT2D eigenvalue weighted by atomic mass is 16.3. The first-order chi connectivity index (χ1) is 13.3. The molecule has 0 aromatic carbocycles. The normalized spacial score (nSPS) is 10.1. The fraction of sp³-hybridized carbons (Fsp3) is 0. The summed E-state index contributed by atoms with van der Waals surface area (Å²) in [6.45, 7) is 7.17. The molecule has 4 heterocycles. The number of nitriles is 1. The molecule has 4 aromatic rings. The summed E-state index contributed by atoms with van der Waals surface area (Å²) in [5.41, 5.74) is 3.45. The zero-order chi connectivity index (χ0) is 18.6. The van der Waals surface area contributed by atoms with Crippen LogP contribution in [0.2, 0.25) is 0 Å². The average Bonchev–Trinajstić information content (AvgIpc) is 3.28. The summed E-state index contributed by atoms with van der Waals surface area (Å²) in [4.78, 5) is 16.7. The molecule has 27 heavy (non-hydrogen) atoms. The third-order valence-electron chi connectivity index (χ3n) is 3.87. The molecule has 6 nitrogen and oxygen atoms in total. The predicted molar refractivity (Wildman–Crippen MR) is 99.4 cm³/mol. The second-order valence-corrected chi connectivity index (χ2v) is 5.62. The maximum atomic E-state index is 9.12. The van der Waals surface area contributed by atoms with Crippen LogP contribution in [0.1, 0.15) is 5.69 Å². The van der Waals surface area contributed by atoms with E-state index in [1.165, 1.54) is 0 Å². The molecule has 0 fully saturated rings. The van der Waals surface area contributed by atoms with Crippen molar-refractivity contribution in [2.24, 2.45) is 0 Å². The Morgan fingerprint density at radius 2 is 1.59 bits per heavy atom. The van der Waals surface area contributed by atoms with Crippen molar-refractivity contribution >= 4 is 5.82 Å². The van der Waals surface area contributed by atoms with Crippen molar-refractivity contribution in [1.82, 2.24) is 15.0 Å². The Morgan fingerprint density at radius 1 is 0.852 bits per heavy atom. The minimum atomic E-state index is 0.295. The Balaban J connectivity index is 1.92. The van der Waals surface area contributed by atoms with Crippen molar-refractivity contribution in [3.05, 3.63) is 84.0 Å². The highest BCUT2D eigenvalue weighted by Crippen LogP contribution is 2.29. The molecule has 0 spiro atoms. The van der Waals surface area contributed by atoms with E-state index < -0.39 is 0 Å². The molecule has 0 radical (unpaired) electrons. The Kier molecular flexibility index (Phi) is 4.14. The second-order valence-electron chi connectivity index (χ2n) is 5.62. The monoisotopic (exact) mass is 349 g/mol. The van der Waals surface area contributed by atoms with E-state index in [0.29, 0.717) is 40.0 Å². The molecule has 0 aliphatic heterocycles. The van der Waals surface area contributed by atoms with Crippen molar-refractivity contribution in [3.8, 4) is 40.2 Å². The van der Waals surface area contributed by atoms with Crippen molar-refractivity contribution in [2.45, 2.75) is 0 Å². The molecule has 0 amide bonds. The van der Waals surface area contributed by atoms with Gasteiger partial charge in [-0.1, -0.05) is 18.7 Å². The van der Waals surface area contributed by atoms with Crippen LogP contribution < -0.4 is 0 Å². The molecule has 4 aromatic heterocycles. The van der Waals surface area contributed by atoms with Gasteiger partial charge in [-0.25, -0.2) is 9.97 Å². The number of hydrogen-bond acceptors (Lipinski definition) is 5. The standard InChI is InChI=1S/C21H11N5O/c1-23-21-9-3-7-17(26-21)19-12-14(20-8-4-10-27-20)11-18(25-19)16-6-2-5-15(13-22)24-16/h2-12H. The van der Waals surface area contributed by atoms with Crippen LogP contribution in [0.15, 0.2) is 71.3 Å². The Hall–Kier alpha value is -4.29. The van der Waals surface area contributed by atoms with Crippen LogP contribution in [0, 0.1) is 17.9 Å². The minimum absolute atomic E-state index is 0.295. The zero-order valence-electron chi connectivity index (χ0n) is 14.0. The van der Waals surface area contributed by atoms with Gasteiger partial charge < -0.3 is 9.26 Å². The molecule has 0 bridgehead atoms. The molecule has 0 saturated heterocycles. The quantitative estimate of drug-likeness (QED) is 0.492. The van der Waals surface area contributed by atoms with Crippen LogP contribution in [-0.2, 0) is 0 Å². The van der Waals surface area contributed by atoms with Crippen LogP contribution >= 0.6 is 0 Å². The lowest BCUT2D eigenvalue weighted by Gasteiger charge is -2.07. The number of pyridine rings is 3. The van der Waals surface area contributed by atoms with Gasteiger partial charge in [-0.05, 0) is 48.5 Å². The fourth-order valence-corrected chi connectivity index (χ4v) is 2.65. The minimum Gasteiger partial charge on any atom is -0.464 e. The summed E-state index contributed by atoms with van der Waals surface area (Å²) in [5.74, 6) is 0.974. The van der Waals surface area contributed by atoms with E-state index in [4.69, 9.17) is 16.3 Å². The third kappa shape index (κ3) is 3.28. The number of nitrogens with zero attached hydrogens (tertiary/aromatic N) is 5. The van der Waals surface area contributed by atoms with Crippen molar-refractivity contribution < 1.29 is 4.42 Å². The predicted octanol–water partition coefficient (Wildman–Crippen LogP) is 4.89. The molecule has 0 atom stereocenters. The Morgan fingerprint density at radius 3 is 2.26 bits per heavy atom. The molecular weight excluding hydrogens is 338 g/mol. The van der Waals surface area contributed by atoms with Gasteiger partial charge in [0, 0.05) is 5.56 Å².